The van der Waals surface area contributed by atoms with Gasteiger partial charge in [-0.1, -0.05) is 30.0 Å². The molecule has 1 aliphatic heterocycles. The number of hydrazine groups is 1. The largest absolute Gasteiger partial charge is 0.321 e. The number of carbonyl (C=O) groups is 2. The van der Waals surface area contributed by atoms with Crippen molar-refractivity contribution in [2.45, 2.75) is 10.8 Å². The van der Waals surface area contributed by atoms with E-state index in [0.717, 1.165) is 14.6 Å². The molecule has 0 saturated carbocycles. The van der Waals surface area contributed by atoms with Gasteiger partial charge in [0.15, 0.2) is 4.34 Å². The molecule has 2 heterocycles. The lowest BCUT2D eigenvalue weighted by Gasteiger charge is -2.28. The molecule has 1 aliphatic rings. The molecule has 0 unspecified atom stereocenters. The van der Waals surface area contributed by atoms with Crippen LogP contribution >= 0.6 is 23.1 Å². The van der Waals surface area contributed by atoms with E-state index in [2.05, 4.69) is 15.7 Å². The van der Waals surface area contributed by atoms with Crippen molar-refractivity contribution in [2.75, 3.05) is 16.6 Å². The lowest BCUT2D eigenvalue weighted by molar-refractivity contribution is -0.119. The number of carbonyl (C=O) groups excluding carboxylic acids is 2. The first kappa shape index (κ1) is 17.6. The minimum atomic E-state index is -0.294. The van der Waals surface area contributed by atoms with Crippen molar-refractivity contribution < 1.29 is 9.59 Å². The average Bonchev–Trinajstić information content (AvgIpc) is 3.11. The summed E-state index contributed by atoms with van der Waals surface area (Å²) in [5.41, 5.74) is 5.55. The fraction of sp³-hybridized carbons (Fsp3) is 0.105. The predicted octanol–water partition coefficient (Wildman–Crippen LogP) is 3.78. The standard InChI is InChI=1S/C19H16N4O2S2/c1-26-19-21-14-8-7-12(11-16(14)27-19)20-18(25)15-9-10-17(24)23(22-15)13-5-3-2-4-6-13/h2-9,11,22H,10H2,1H3,(H,20,25). The summed E-state index contributed by atoms with van der Waals surface area (Å²) in [6, 6.07) is 14.8. The summed E-state index contributed by atoms with van der Waals surface area (Å²) in [6.45, 7) is 0. The van der Waals surface area contributed by atoms with Gasteiger partial charge in [0.25, 0.3) is 5.91 Å². The highest BCUT2D eigenvalue weighted by molar-refractivity contribution is 8.00. The third kappa shape index (κ3) is 3.67. The Hall–Kier alpha value is -2.84. The Morgan fingerprint density at radius 1 is 1.26 bits per heavy atom. The van der Waals surface area contributed by atoms with Crippen molar-refractivity contribution in [1.29, 1.82) is 0 Å². The van der Waals surface area contributed by atoms with Crippen molar-refractivity contribution in [3.05, 3.63) is 60.3 Å². The van der Waals surface area contributed by atoms with Gasteiger partial charge in [-0.3, -0.25) is 15.0 Å². The highest BCUT2D eigenvalue weighted by Crippen LogP contribution is 2.30. The van der Waals surface area contributed by atoms with E-state index < -0.39 is 0 Å². The van der Waals surface area contributed by atoms with Gasteiger partial charge in [0.1, 0.15) is 5.70 Å². The van der Waals surface area contributed by atoms with Gasteiger partial charge in [-0.2, -0.15) is 0 Å². The number of nitrogens with one attached hydrogen (secondary N) is 2. The van der Waals surface area contributed by atoms with Crippen molar-refractivity contribution in [1.82, 2.24) is 10.4 Å². The minimum absolute atomic E-state index is 0.117. The van der Waals surface area contributed by atoms with Crippen molar-refractivity contribution >= 4 is 56.5 Å². The fourth-order valence-electron chi connectivity index (χ4n) is 2.71. The summed E-state index contributed by atoms with van der Waals surface area (Å²) in [5, 5.41) is 4.28. The summed E-state index contributed by atoms with van der Waals surface area (Å²) in [6.07, 6.45) is 3.76. The lowest BCUT2D eigenvalue weighted by atomic mass is 10.2. The van der Waals surface area contributed by atoms with Crippen LogP contribution in [0, 0.1) is 0 Å². The van der Waals surface area contributed by atoms with E-state index in [9.17, 15) is 9.59 Å². The number of thioether (sulfide) groups is 1. The average molecular weight is 396 g/mol. The second-order valence-corrected chi connectivity index (χ2v) is 7.90. The molecule has 2 N–H and O–H groups in total. The molecule has 136 valence electrons. The molecule has 6 nitrogen and oxygen atoms in total. The Bertz CT molecular complexity index is 1050. The predicted molar refractivity (Wildman–Crippen MR) is 110 cm³/mol. The number of anilines is 2. The molecule has 0 radical (unpaired) electrons. The maximum atomic E-state index is 12.7. The summed E-state index contributed by atoms with van der Waals surface area (Å²) < 4.78 is 2.01. The minimum Gasteiger partial charge on any atom is -0.321 e. The summed E-state index contributed by atoms with van der Waals surface area (Å²) in [4.78, 5) is 29.3. The molecule has 0 saturated heterocycles. The number of nitrogens with zero attached hydrogens (tertiary/aromatic N) is 2. The molecular weight excluding hydrogens is 380 g/mol. The van der Waals surface area contributed by atoms with Gasteiger partial charge in [-0.15, -0.1) is 11.3 Å². The van der Waals surface area contributed by atoms with Gasteiger partial charge in [0.05, 0.1) is 15.9 Å². The van der Waals surface area contributed by atoms with E-state index in [1.54, 1.807) is 29.2 Å². The number of benzene rings is 2. The number of para-hydroxylation sites is 1. The van der Waals surface area contributed by atoms with Crippen LogP contribution in [0.15, 0.2) is 64.6 Å². The monoisotopic (exact) mass is 396 g/mol. The van der Waals surface area contributed by atoms with E-state index in [1.807, 2.05) is 54.8 Å². The van der Waals surface area contributed by atoms with Gasteiger partial charge in [-0.25, -0.2) is 9.99 Å². The van der Waals surface area contributed by atoms with Crippen molar-refractivity contribution in [3.8, 4) is 0 Å². The Balaban J connectivity index is 1.51. The molecule has 1 aromatic heterocycles. The zero-order chi connectivity index (χ0) is 18.8. The third-order valence-corrected chi connectivity index (χ3v) is 6.03. The van der Waals surface area contributed by atoms with Gasteiger partial charge in [0.2, 0.25) is 5.91 Å². The summed E-state index contributed by atoms with van der Waals surface area (Å²) in [5.74, 6) is -0.411. The fourth-order valence-corrected chi connectivity index (χ4v) is 4.23. The number of hydrogen-bond donors (Lipinski definition) is 2. The molecule has 0 fully saturated rings. The second-order valence-electron chi connectivity index (χ2n) is 5.82. The Morgan fingerprint density at radius 2 is 2.07 bits per heavy atom. The van der Waals surface area contributed by atoms with Crippen LogP contribution in [-0.2, 0) is 9.59 Å². The van der Waals surface area contributed by atoms with Crippen LogP contribution < -0.4 is 15.8 Å². The van der Waals surface area contributed by atoms with Gasteiger partial charge < -0.3 is 5.32 Å². The topological polar surface area (TPSA) is 74.3 Å². The van der Waals surface area contributed by atoms with E-state index in [1.165, 1.54) is 5.01 Å². The zero-order valence-electron chi connectivity index (χ0n) is 14.4. The highest BCUT2D eigenvalue weighted by atomic mass is 32.2. The number of rotatable bonds is 4. The van der Waals surface area contributed by atoms with Gasteiger partial charge >= 0.3 is 0 Å². The van der Waals surface area contributed by atoms with Crippen LogP contribution in [0.3, 0.4) is 0 Å². The molecule has 27 heavy (non-hydrogen) atoms. The molecule has 3 aromatic rings. The third-order valence-electron chi connectivity index (χ3n) is 4.02. The molecule has 4 rings (SSSR count). The Morgan fingerprint density at radius 3 is 2.85 bits per heavy atom. The maximum absolute atomic E-state index is 12.7. The molecule has 8 heteroatoms. The highest BCUT2D eigenvalue weighted by Gasteiger charge is 2.24. The maximum Gasteiger partial charge on any atom is 0.273 e. The Labute approximate surface area is 164 Å². The van der Waals surface area contributed by atoms with E-state index >= 15 is 0 Å². The first-order chi connectivity index (χ1) is 13.1. The van der Waals surface area contributed by atoms with Crippen LogP contribution in [0.1, 0.15) is 6.42 Å². The lowest BCUT2D eigenvalue weighted by Crippen LogP contribution is -2.47. The SMILES string of the molecule is CSc1nc2ccc(NC(=O)C3=CCC(=O)N(c4ccccc4)N3)cc2s1. The zero-order valence-corrected chi connectivity index (χ0v) is 16.1. The normalized spacial score (nSPS) is 14.0. The van der Waals surface area contributed by atoms with Crippen molar-refractivity contribution in [3.63, 3.8) is 0 Å². The molecule has 0 aliphatic carbocycles. The molecule has 0 spiro atoms. The first-order valence-corrected chi connectivity index (χ1v) is 10.3. The van der Waals surface area contributed by atoms with Gasteiger partial charge in [0, 0.05) is 12.1 Å². The summed E-state index contributed by atoms with van der Waals surface area (Å²) >= 11 is 3.19. The van der Waals surface area contributed by atoms with E-state index in [4.69, 9.17) is 0 Å². The second kappa shape index (κ2) is 7.42. The van der Waals surface area contributed by atoms with Crippen LogP contribution in [0.25, 0.3) is 10.2 Å². The Kier molecular flexibility index (Phi) is 4.83. The molecular formula is C19H16N4O2S2. The van der Waals surface area contributed by atoms with Crippen LogP contribution in [0.4, 0.5) is 11.4 Å². The van der Waals surface area contributed by atoms with Crippen LogP contribution in [-0.4, -0.2) is 23.1 Å². The van der Waals surface area contributed by atoms with Crippen LogP contribution in [0.5, 0.6) is 0 Å². The first-order valence-electron chi connectivity index (χ1n) is 8.25. The van der Waals surface area contributed by atoms with Gasteiger partial charge in [-0.05, 0) is 42.7 Å². The smallest absolute Gasteiger partial charge is 0.273 e. The number of thiazole rings is 1. The summed E-state index contributed by atoms with van der Waals surface area (Å²) in [7, 11) is 0. The molecule has 2 amide bonds. The number of amides is 2. The van der Waals surface area contributed by atoms with E-state index in [0.29, 0.717) is 17.1 Å². The number of aromatic nitrogens is 1. The molecule has 0 atom stereocenters. The number of fused-ring (bicyclic) bond motifs is 1. The molecule has 2 aromatic carbocycles. The quantitative estimate of drug-likeness (QED) is 0.657. The molecule has 0 bridgehead atoms. The van der Waals surface area contributed by atoms with Crippen LogP contribution in [0.2, 0.25) is 0 Å². The number of hydrogen-bond acceptors (Lipinski definition) is 6. The van der Waals surface area contributed by atoms with E-state index in [-0.39, 0.29) is 18.2 Å². The van der Waals surface area contributed by atoms with Crippen molar-refractivity contribution in [2.24, 2.45) is 0 Å².